The summed E-state index contributed by atoms with van der Waals surface area (Å²) in [6.07, 6.45) is 2.23. The average molecular weight is 471 g/mol. The van der Waals surface area contributed by atoms with Gasteiger partial charge >= 0.3 is 0 Å². The van der Waals surface area contributed by atoms with Crippen molar-refractivity contribution in [1.29, 1.82) is 0 Å². The van der Waals surface area contributed by atoms with E-state index in [0.717, 1.165) is 35.5 Å². The van der Waals surface area contributed by atoms with Gasteiger partial charge in [0.25, 0.3) is 0 Å². The topological polar surface area (TPSA) is 69.0 Å². The molecule has 3 aromatic carbocycles. The van der Waals surface area contributed by atoms with E-state index < -0.39 is 5.25 Å². The lowest BCUT2D eigenvalue weighted by Gasteiger charge is -2.19. The van der Waals surface area contributed by atoms with Crippen molar-refractivity contribution in [3.63, 3.8) is 0 Å². The molecule has 1 atom stereocenters. The van der Waals surface area contributed by atoms with E-state index in [1.165, 1.54) is 11.8 Å². The SMILES string of the molecule is COc1ccc(C)cc1NC(=O)[C@H](Sc1nnc(C2CC2)n1-c1ccccc1)c1ccccc1. The van der Waals surface area contributed by atoms with Crippen LogP contribution in [0, 0.1) is 6.92 Å². The van der Waals surface area contributed by atoms with E-state index >= 15 is 0 Å². The number of anilines is 1. The molecule has 0 bridgehead atoms. The van der Waals surface area contributed by atoms with Gasteiger partial charge in [0.05, 0.1) is 12.8 Å². The van der Waals surface area contributed by atoms with Crippen molar-refractivity contribution < 1.29 is 9.53 Å². The summed E-state index contributed by atoms with van der Waals surface area (Å²) in [7, 11) is 1.60. The van der Waals surface area contributed by atoms with Crippen LogP contribution in [-0.4, -0.2) is 27.8 Å². The standard InChI is InChI=1S/C27H26N4O2S/c1-18-13-16-23(33-2)22(17-18)28-26(32)24(19-9-5-3-6-10-19)34-27-30-29-25(20-14-15-20)31(27)21-11-7-4-8-12-21/h3-13,16-17,20,24H,14-15H2,1-2H3,(H,28,32)/t24-/m1/s1. The minimum atomic E-state index is -0.523. The van der Waals surface area contributed by atoms with Crippen LogP contribution < -0.4 is 10.1 Å². The number of benzene rings is 3. The largest absolute Gasteiger partial charge is 0.495 e. The summed E-state index contributed by atoms with van der Waals surface area (Å²) in [4.78, 5) is 13.7. The summed E-state index contributed by atoms with van der Waals surface area (Å²) in [5.41, 5.74) is 3.59. The zero-order valence-electron chi connectivity index (χ0n) is 19.1. The Labute approximate surface area is 203 Å². The number of amides is 1. The van der Waals surface area contributed by atoms with Crippen LogP contribution >= 0.6 is 11.8 Å². The average Bonchev–Trinajstić information content (AvgIpc) is 3.63. The maximum absolute atomic E-state index is 13.7. The molecule has 1 saturated carbocycles. The van der Waals surface area contributed by atoms with E-state index in [0.29, 0.717) is 22.5 Å². The molecule has 0 unspecified atom stereocenters. The number of para-hydroxylation sites is 1. The monoisotopic (exact) mass is 470 g/mol. The van der Waals surface area contributed by atoms with Crippen LogP contribution in [0.3, 0.4) is 0 Å². The number of nitrogens with one attached hydrogen (secondary N) is 1. The van der Waals surface area contributed by atoms with Gasteiger partial charge in [-0.2, -0.15) is 0 Å². The molecule has 1 amide bonds. The molecule has 0 saturated heterocycles. The summed E-state index contributed by atoms with van der Waals surface area (Å²) in [6, 6.07) is 25.6. The number of aromatic nitrogens is 3. The van der Waals surface area contributed by atoms with Crippen LogP contribution in [0.4, 0.5) is 5.69 Å². The summed E-state index contributed by atoms with van der Waals surface area (Å²) >= 11 is 1.41. The van der Waals surface area contributed by atoms with E-state index in [9.17, 15) is 4.79 Å². The van der Waals surface area contributed by atoms with Crippen LogP contribution in [-0.2, 0) is 4.79 Å². The predicted molar refractivity (Wildman–Crippen MR) is 135 cm³/mol. The molecule has 172 valence electrons. The van der Waals surface area contributed by atoms with Crippen LogP contribution in [0.5, 0.6) is 5.75 Å². The second kappa shape index (κ2) is 9.73. The Balaban J connectivity index is 1.51. The van der Waals surface area contributed by atoms with Crippen molar-refractivity contribution in [2.24, 2.45) is 0 Å². The maximum Gasteiger partial charge on any atom is 0.242 e. The highest BCUT2D eigenvalue weighted by atomic mass is 32.2. The van der Waals surface area contributed by atoms with Gasteiger partial charge in [0.2, 0.25) is 5.91 Å². The zero-order valence-corrected chi connectivity index (χ0v) is 20.0. The van der Waals surface area contributed by atoms with Crippen molar-refractivity contribution in [1.82, 2.24) is 14.8 Å². The molecule has 34 heavy (non-hydrogen) atoms. The molecule has 1 aromatic heterocycles. The van der Waals surface area contributed by atoms with Gasteiger partial charge in [-0.05, 0) is 55.2 Å². The highest BCUT2D eigenvalue weighted by Crippen LogP contribution is 2.43. The Hall–Kier alpha value is -3.58. The van der Waals surface area contributed by atoms with Crippen LogP contribution in [0.2, 0.25) is 0 Å². The van der Waals surface area contributed by atoms with Crippen molar-refractivity contribution in [3.05, 3.63) is 95.8 Å². The molecule has 1 N–H and O–H groups in total. The third-order valence-corrected chi connectivity index (χ3v) is 6.99. The van der Waals surface area contributed by atoms with Gasteiger partial charge in [-0.15, -0.1) is 10.2 Å². The van der Waals surface area contributed by atoms with Gasteiger partial charge in [-0.1, -0.05) is 66.4 Å². The molecule has 1 heterocycles. The Morgan fingerprint density at radius 1 is 1.03 bits per heavy atom. The fourth-order valence-electron chi connectivity index (χ4n) is 3.91. The second-order valence-corrected chi connectivity index (χ2v) is 9.46. The van der Waals surface area contributed by atoms with Crippen LogP contribution in [0.15, 0.2) is 84.0 Å². The third-order valence-electron chi connectivity index (χ3n) is 5.79. The maximum atomic E-state index is 13.7. The number of rotatable bonds is 8. The van der Waals surface area contributed by atoms with Crippen molar-refractivity contribution in [2.45, 2.75) is 36.1 Å². The molecule has 1 aliphatic rings. The molecule has 7 heteroatoms. The molecule has 1 aliphatic carbocycles. The highest BCUT2D eigenvalue weighted by Gasteiger charge is 2.33. The number of hydrogen-bond acceptors (Lipinski definition) is 5. The summed E-state index contributed by atoms with van der Waals surface area (Å²) in [6.45, 7) is 1.99. The Kier molecular flexibility index (Phi) is 6.36. The number of aryl methyl sites for hydroxylation is 1. The summed E-state index contributed by atoms with van der Waals surface area (Å²) in [5, 5.41) is 12.3. The predicted octanol–water partition coefficient (Wildman–Crippen LogP) is 5.93. The van der Waals surface area contributed by atoms with Gasteiger partial charge in [0, 0.05) is 11.6 Å². The second-order valence-electron chi connectivity index (χ2n) is 8.39. The minimum Gasteiger partial charge on any atom is -0.495 e. The van der Waals surface area contributed by atoms with Gasteiger partial charge in [-0.25, -0.2) is 0 Å². The molecular formula is C27H26N4O2S. The molecule has 1 fully saturated rings. The molecular weight excluding hydrogens is 444 g/mol. The summed E-state index contributed by atoms with van der Waals surface area (Å²) in [5.74, 6) is 1.86. The smallest absolute Gasteiger partial charge is 0.242 e. The zero-order chi connectivity index (χ0) is 23.5. The van der Waals surface area contributed by atoms with Crippen molar-refractivity contribution in [3.8, 4) is 11.4 Å². The van der Waals surface area contributed by atoms with Crippen molar-refractivity contribution in [2.75, 3.05) is 12.4 Å². The molecule has 0 spiro atoms. The fraction of sp³-hybridized carbons (Fsp3) is 0.222. The number of carbonyl (C=O) groups is 1. The quantitative estimate of drug-likeness (QED) is 0.323. The first-order chi connectivity index (χ1) is 16.6. The van der Waals surface area contributed by atoms with E-state index in [1.54, 1.807) is 7.11 Å². The fourth-order valence-corrected chi connectivity index (χ4v) is 4.97. The number of thioether (sulfide) groups is 1. The van der Waals surface area contributed by atoms with Crippen LogP contribution in [0.1, 0.15) is 41.0 Å². The highest BCUT2D eigenvalue weighted by molar-refractivity contribution is 8.00. The number of nitrogens with zero attached hydrogens (tertiary/aromatic N) is 3. The third kappa shape index (κ3) is 4.70. The Morgan fingerprint density at radius 3 is 2.41 bits per heavy atom. The minimum absolute atomic E-state index is 0.143. The van der Waals surface area contributed by atoms with Gasteiger partial charge in [0.1, 0.15) is 16.8 Å². The first-order valence-corrected chi connectivity index (χ1v) is 12.2. The van der Waals surface area contributed by atoms with Gasteiger partial charge in [0.15, 0.2) is 5.16 Å². The molecule has 6 nitrogen and oxygen atoms in total. The van der Waals surface area contributed by atoms with E-state index in [-0.39, 0.29) is 5.91 Å². The molecule has 0 radical (unpaired) electrons. The van der Waals surface area contributed by atoms with E-state index in [4.69, 9.17) is 4.74 Å². The van der Waals surface area contributed by atoms with E-state index in [1.807, 2.05) is 73.7 Å². The Bertz CT molecular complexity index is 1290. The first-order valence-electron chi connectivity index (χ1n) is 11.3. The lowest BCUT2D eigenvalue weighted by Crippen LogP contribution is -2.20. The van der Waals surface area contributed by atoms with Gasteiger partial charge in [-0.3, -0.25) is 9.36 Å². The lowest BCUT2D eigenvalue weighted by molar-refractivity contribution is -0.115. The van der Waals surface area contributed by atoms with E-state index in [2.05, 4.69) is 32.2 Å². The normalized spacial score (nSPS) is 13.9. The number of carbonyl (C=O) groups excluding carboxylic acids is 1. The first kappa shape index (κ1) is 22.2. The molecule has 0 aliphatic heterocycles. The number of ether oxygens (including phenoxy) is 1. The summed E-state index contributed by atoms with van der Waals surface area (Å²) < 4.78 is 7.57. The Morgan fingerprint density at radius 2 is 1.74 bits per heavy atom. The molecule has 4 aromatic rings. The number of hydrogen-bond donors (Lipinski definition) is 1. The van der Waals surface area contributed by atoms with Crippen molar-refractivity contribution >= 4 is 23.4 Å². The molecule has 5 rings (SSSR count). The lowest BCUT2D eigenvalue weighted by atomic mass is 10.1. The number of methoxy groups -OCH3 is 1. The van der Waals surface area contributed by atoms with Gasteiger partial charge < -0.3 is 10.1 Å². The van der Waals surface area contributed by atoms with Crippen LogP contribution in [0.25, 0.3) is 5.69 Å².